The number of hydrogen-bond donors (Lipinski definition) is 4. The minimum absolute atomic E-state index is 0.0200. The van der Waals surface area contributed by atoms with E-state index in [4.69, 9.17) is 17.2 Å². The van der Waals surface area contributed by atoms with Crippen LogP contribution >= 0.6 is 0 Å². The molecular weight excluding hydrogens is 526 g/mol. The van der Waals surface area contributed by atoms with Crippen molar-refractivity contribution in [2.24, 2.45) is 22.2 Å². The van der Waals surface area contributed by atoms with Crippen LogP contribution in [0.4, 0.5) is 0 Å². The number of aliphatic imine (C=N–C) groups is 1. The summed E-state index contributed by atoms with van der Waals surface area (Å²) in [6, 6.07) is 5.81. The number of carbonyl (C=O) groups is 1. The number of nitrogens with two attached hydrogens (primary N) is 3. The number of guanidine groups is 1. The first-order valence-corrected chi connectivity index (χ1v) is 16.6. The van der Waals surface area contributed by atoms with Gasteiger partial charge in [0.15, 0.2) is 5.96 Å². The van der Waals surface area contributed by atoms with E-state index >= 15 is 0 Å². The van der Waals surface area contributed by atoms with E-state index in [1.165, 1.54) is 57.8 Å². The molecule has 1 aliphatic heterocycles. The Morgan fingerprint density at radius 1 is 0.925 bits per heavy atom. The fourth-order valence-corrected chi connectivity index (χ4v) is 6.41. The molecule has 1 fully saturated rings. The van der Waals surface area contributed by atoms with Gasteiger partial charge in [-0.15, -0.1) is 0 Å². The van der Waals surface area contributed by atoms with Crippen LogP contribution in [0.1, 0.15) is 82.6 Å². The number of carbonyl (C=O) groups excluding carboxylic acids is 1. The molecule has 0 bridgehead atoms. The van der Waals surface area contributed by atoms with Crippen molar-refractivity contribution in [1.29, 1.82) is 0 Å². The van der Waals surface area contributed by atoms with Crippen molar-refractivity contribution in [3.05, 3.63) is 29.8 Å². The largest absolute Gasteiger partial charge is 0.370 e. The van der Waals surface area contributed by atoms with Crippen LogP contribution in [-0.2, 0) is 14.8 Å². The SMILES string of the molecule is Cc1cccc(S(=O)(=O)N[C@@H](CCCN=C(N)N)C(=O)N2CCN(CCCCCCCCCCCCN)CC2)c1. The molecule has 1 saturated heterocycles. The first-order valence-electron chi connectivity index (χ1n) is 15.1. The van der Waals surface area contributed by atoms with Gasteiger partial charge in [0.2, 0.25) is 15.9 Å². The van der Waals surface area contributed by atoms with Crippen molar-refractivity contribution in [1.82, 2.24) is 14.5 Å². The van der Waals surface area contributed by atoms with E-state index < -0.39 is 16.1 Å². The summed E-state index contributed by atoms with van der Waals surface area (Å²) in [6.07, 6.45) is 13.5. The van der Waals surface area contributed by atoms with Crippen LogP contribution in [0.25, 0.3) is 0 Å². The highest BCUT2D eigenvalue weighted by Gasteiger charge is 2.31. The highest BCUT2D eigenvalue weighted by atomic mass is 32.2. The van der Waals surface area contributed by atoms with Crippen molar-refractivity contribution in [2.45, 2.75) is 94.9 Å². The average molecular weight is 580 g/mol. The molecule has 1 atom stereocenters. The van der Waals surface area contributed by atoms with E-state index in [0.29, 0.717) is 32.5 Å². The molecule has 1 amide bonds. The second kappa shape index (κ2) is 19.0. The van der Waals surface area contributed by atoms with E-state index in [-0.39, 0.29) is 16.8 Å². The normalized spacial score (nSPS) is 15.2. The van der Waals surface area contributed by atoms with Crippen molar-refractivity contribution >= 4 is 21.9 Å². The summed E-state index contributed by atoms with van der Waals surface area (Å²) in [5.74, 6) is -0.211. The molecular formula is C29H53N7O3S. The minimum Gasteiger partial charge on any atom is -0.370 e. The molecule has 1 aliphatic rings. The number of sulfonamides is 1. The molecule has 0 aliphatic carbocycles. The van der Waals surface area contributed by atoms with Crippen LogP contribution in [0.5, 0.6) is 0 Å². The predicted octanol–water partition coefficient (Wildman–Crippen LogP) is 2.70. The molecule has 0 saturated carbocycles. The summed E-state index contributed by atoms with van der Waals surface area (Å²) in [5, 5.41) is 0. The van der Waals surface area contributed by atoms with Crippen LogP contribution in [0, 0.1) is 6.92 Å². The topological polar surface area (TPSA) is 160 Å². The number of amides is 1. The molecule has 11 heteroatoms. The van der Waals surface area contributed by atoms with Gasteiger partial charge in [0, 0.05) is 32.7 Å². The predicted molar refractivity (Wildman–Crippen MR) is 163 cm³/mol. The summed E-state index contributed by atoms with van der Waals surface area (Å²) in [4.78, 5) is 21.8. The summed E-state index contributed by atoms with van der Waals surface area (Å²) in [6.45, 7) is 6.83. The lowest BCUT2D eigenvalue weighted by Crippen LogP contribution is -2.55. The molecule has 1 aromatic carbocycles. The van der Waals surface area contributed by atoms with Gasteiger partial charge in [0.05, 0.1) is 4.90 Å². The number of benzene rings is 1. The first-order chi connectivity index (χ1) is 19.2. The van der Waals surface area contributed by atoms with Gasteiger partial charge in [0.1, 0.15) is 6.04 Å². The number of nitrogens with one attached hydrogen (secondary N) is 1. The van der Waals surface area contributed by atoms with E-state index in [1.807, 2.05) is 13.0 Å². The Labute approximate surface area is 242 Å². The summed E-state index contributed by atoms with van der Waals surface area (Å²) < 4.78 is 28.9. The van der Waals surface area contributed by atoms with Gasteiger partial charge in [-0.25, -0.2) is 8.42 Å². The van der Waals surface area contributed by atoms with Crippen LogP contribution in [-0.4, -0.2) is 81.9 Å². The molecule has 7 N–H and O–H groups in total. The molecule has 10 nitrogen and oxygen atoms in total. The van der Waals surface area contributed by atoms with Crippen molar-refractivity contribution in [3.8, 4) is 0 Å². The molecule has 1 heterocycles. The number of nitrogens with zero attached hydrogens (tertiary/aromatic N) is 3. The number of aryl methyl sites for hydroxylation is 1. The highest BCUT2D eigenvalue weighted by molar-refractivity contribution is 7.89. The zero-order valence-electron chi connectivity index (χ0n) is 24.5. The van der Waals surface area contributed by atoms with E-state index in [9.17, 15) is 13.2 Å². The molecule has 1 aromatic rings. The van der Waals surface area contributed by atoms with Gasteiger partial charge < -0.3 is 22.1 Å². The van der Waals surface area contributed by atoms with E-state index in [1.54, 1.807) is 23.1 Å². The lowest BCUT2D eigenvalue weighted by atomic mass is 10.1. The monoisotopic (exact) mass is 579 g/mol. The lowest BCUT2D eigenvalue weighted by Gasteiger charge is -2.36. The maximum atomic E-state index is 13.5. The van der Waals surface area contributed by atoms with Crippen LogP contribution in [0.15, 0.2) is 34.2 Å². The Kier molecular flexibility index (Phi) is 16.2. The molecule has 0 radical (unpaired) electrons. The third-order valence-corrected chi connectivity index (χ3v) is 8.92. The first kappa shape index (κ1) is 34.0. The maximum absolute atomic E-state index is 13.5. The van der Waals surface area contributed by atoms with Crippen molar-refractivity contribution in [3.63, 3.8) is 0 Å². The zero-order chi connectivity index (χ0) is 29.2. The van der Waals surface area contributed by atoms with Gasteiger partial charge in [-0.05, 0) is 63.4 Å². The number of rotatable bonds is 20. The Morgan fingerprint density at radius 2 is 1.52 bits per heavy atom. The molecule has 0 unspecified atom stereocenters. The maximum Gasteiger partial charge on any atom is 0.241 e. The standard InChI is InChI=1S/C29H53N7O3S/c1-25-14-12-15-26(24-25)40(38,39)34-27(16-13-18-33-29(31)32)28(37)36-22-20-35(21-23-36)19-11-9-7-5-3-2-4-6-8-10-17-30/h12,14-15,24,27,34H,2-11,13,16-23,30H2,1H3,(H4,31,32,33)/t27-/m0/s1. The lowest BCUT2D eigenvalue weighted by molar-refractivity contribution is -0.135. The van der Waals surface area contributed by atoms with Crippen LogP contribution < -0.4 is 21.9 Å². The molecule has 228 valence electrons. The number of unbranched alkanes of at least 4 members (excludes halogenated alkanes) is 9. The molecule has 0 aromatic heterocycles. The second-order valence-electron chi connectivity index (χ2n) is 10.9. The average Bonchev–Trinajstić information content (AvgIpc) is 2.93. The van der Waals surface area contributed by atoms with Gasteiger partial charge in [-0.2, -0.15) is 4.72 Å². The Bertz CT molecular complexity index is 991. The Morgan fingerprint density at radius 3 is 2.10 bits per heavy atom. The zero-order valence-corrected chi connectivity index (χ0v) is 25.3. The molecule has 40 heavy (non-hydrogen) atoms. The fraction of sp³-hybridized carbons (Fsp3) is 0.724. The highest BCUT2D eigenvalue weighted by Crippen LogP contribution is 2.16. The van der Waals surface area contributed by atoms with Crippen molar-refractivity contribution < 1.29 is 13.2 Å². The summed E-state index contributed by atoms with van der Waals surface area (Å²) in [5.41, 5.74) is 17.2. The third kappa shape index (κ3) is 13.4. The van der Waals surface area contributed by atoms with Crippen LogP contribution in [0.2, 0.25) is 0 Å². The van der Waals surface area contributed by atoms with Gasteiger partial charge >= 0.3 is 0 Å². The molecule has 2 rings (SSSR count). The summed E-state index contributed by atoms with van der Waals surface area (Å²) >= 11 is 0. The summed E-state index contributed by atoms with van der Waals surface area (Å²) in [7, 11) is -3.86. The quantitative estimate of drug-likeness (QED) is 0.105. The van der Waals surface area contributed by atoms with Crippen molar-refractivity contribution in [2.75, 3.05) is 45.8 Å². The van der Waals surface area contributed by atoms with E-state index in [0.717, 1.165) is 38.2 Å². The minimum atomic E-state index is -3.86. The van der Waals surface area contributed by atoms with Gasteiger partial charge in [-0.3, -0.25) is 14.7 Å². The Hall–Kier alpha value is -2.21. The fourth-order valence-electron chi connectivity index (χ4n) is 5.08. The molecule has 0 spiro atoms. The number of hydrogen-bond acceptors (Lipinski definition) is 6. The Balaban J connectivity index is 1.77. The smallest absolute Gasteiger partial charge is 0.241 e. The van der Waals surface area contributed by atoms with Gasteiger partial charge in [-0.1, -0.05) is 63.5 Å². The third-order valence-electron chi connectivity index (χ3n) is 7.45. The van der Waals surface area contributed by atoms with E-state index in [2.05, 4.69) is 14.6 Å². The number of piperazine rings is 1. The van der Waals surface area contributed by atoms with Crippen LogP contribution in [0.3, 0.4) is 0 Å². The van der Waals surface area contributed by atoms with Gasteiger partial charge in [0.25, 0.3) is 0 Å². The second-order valence-corrected chi connectivity index (χ2v) is 12.6.